The maximum Gasteiger partial charge on any atom is 1.00 e. The third-order valence-electron chi connectivity index (χ3n) is 1.17. The van der Waals surface area contributed by atoms with Crippen molar-refractivity contribution in [1.82, 2.24) is 0 Å². The Balaban J connectivity index is -0.000000355. The molecule has 0 aliphatic carbocycles. The zero-order valence-electron chi connectivity index (χ0n) is 10.5. The van der Waals surface area contributed by atoms with Gasteiger partial charge in [0.2, 0.25) is 0 Å². The maximum absolute atomic E-state index is 9.99. The number of carboxylic acids is 1. The first-order chi connectivity index (χ1) is 7.68. The summed E-state index contributed by atoms with van der Waals surface area (Å²) in [6.07, 6.45) is 0. The summed E-state index contributed by atoms with van der Waals surface area (Å²) in [5.74, 6) is -0.708. The van der Waals surface area contributed by atoms with E-state index in [1.165, 1.54) is 0 Å². The standard InChI is InChI=1S/C8H7BrO3.C2H6.CH3F.Na/c9-6-1-3-7(4-2-6)12-5-8(10)11;2*1-2;/h1-4H,5H2,(H,10,11);1-2H3;1H3;/q;;;+1/p-1. The van der Waals surface area contributed by atoms with Crippen molar-refractivity contribution in [3.63, 3.8) is 0 Å². The average molecular weight is 317 g/mol. The number of aliphatic carboxylic acids is 1. The maximum atomic E-state index is 9.99. The number of halogens is 2. The van der Waals surface area contributed by atoms with Crippen molar-refractivity contribution in [3.05, 3.63) is 28.7 Å². The minimum atomic E-state index is -1.22. The third-order valence-corrected chi connectivity index (χ3v) is 1.70. The number of hydrogen-bond acceptors (Lipinski definition) is 3. The van der Waals surface area contributed by atoms with Gasteiger partial charge in [0, 0.05) is 4.47 Å². The van der Waals surface area contributed by atoms with Gasteiger partial charge < -0.3 is 14.6 Å². The van der Waals surface area contributed by atoms with Crippen molar-refractivity contribution in [2.45, 2.75) is 13.8 Å². The summed E-state index contributed by atoms with van der Waals surface area (Å²) >= 11 is 3.24. The molecule has 0 bridgehead atoms. The van der Waals surface area contributed by atoms with Crippen LogP contribution in [0.2, 0.25) is 0 Å². The van der Waals surface area contributed by atoms with Crippen LogP contribution in [-0.4, -0.2) is 19.8 Å². The molecule has 1 aromatic rings. The molecule has 17 heavy (non-hydrogen) atoms. The topological polar surface area (TPSA) is 49.4 Å². The van der Waals surface area contributed by atoms with Gasteiger partial charge in [-0.2, -0.15) is 0 Å². The van der Waals surface area contributed by atoms with Crippen molar-refractivity contribution in [2.75, 3.05) is 13.8 Å². The summed E-state index contributed by atoms with van der Waals surface area (Å²) in [6, 6.07) is 6.88. The van der Waals surface area contributed by atoms with E-state index < -0.39 is 12.6 Å². The van der Waals surface area contributed by atoms with Crippen LogP contribution in [0.4, 0.5) is 4.39 Å². The molecule has 3 nitrogen and oxygen atoms in total. The Kier molecular flexibility index (Phi) is 20.7. The molecule has 92 valence electrons. The molecule has 0 atom stereocenters. The van der Waals surface area contributed by atoms with Crippen LogP contribution in [-0.2, 0) is 4.79 Å². The summed E-state index contributed by atoms with van der Waals surface area (Å²) < 4.78 is 15.3. The van der Waals surface area contributed by atoms with E-state index in [1.54, 1.807) is 24.3 Å². The van der Waals surface area contributed by atoms with Gasteiger partial charge in [-0.25, -0.2) is 0 Å². The molecular weight excluding hydrogens is 302 g/mol. The number of carbonyl (C=O) groups excluding carboxylic acids is 1. The van der Waals surface area contributed by atoms with Crippen molar-refractivity contribution in [3.8, 4) is 5.75 Å². The molecule has 0 aromatic heterocycles. The number of hydrogen-bond donors (Lipinski definition) is 0. The number of carbonyl (C=O) groups is 1. The monoisotopic (exact) mass is 316 g/mol. The van der Waals surface area contributed by atoms with Crippen LogP contribution in [0.1, 0.15) is 13.8 Å². The van der Waals surface area contributed by atoms with Crippen LogP contribution in [0.5, 0.6) is 5.75 Å². The summed E-state index contributed by atoms with van der Waals surface area (Å²) in [4.78, 5) is 9.99. The van der Waals surface area contributed by atoms with Crippen molar-refractivity contribution >= 4 is 21.9 Å². The number of rotatable bonds is 3. The Morgan fingerprint density at radius 3 is 2.06 bits per heavy atom. The Hall–Kier alpha value is -0.1000. The van der Waals surface area contributed by atoms with E-state index in [-0.39, 0.29) is 29.6 Å². The first-order valence-corrected chi connectivity index (χ1v) is 5.44. The fourth-order valence-electron chi connectivity index (χ4n) is 0.673. The minimum absolute atomic E-state index is 0. The summed E-state index contributed by atoms with van der Waals surface area (Å²) in [5, 5.41) is 9.99. The minimum Gasteiger partial charge on any atom is -0.546 e. The first-order valence-electron chi connectivity index (χ1n) is 4.64. The van der Waals surface area contributed by atoms with Crippen LogP contribution < -0.4 is 39.4 Å². The third kappa shape index (κ3) is 13.8. The van der Waals surface area contributed by atoms with E-state index in [0.717, 1.165) is 4.47 Å². The van der Waals surface area contributed by atoms with Gasteiger partial charge in [0.25, 0.3) is 0 Å². The summed E-state index contributed by atoms with van der Waals surface area (Å²) in [6.45, 7) is 3.58. The van der Waals surface area contributed by atoms with E-state index in [4.69, 9.17) is 4.74 Å². The smallest absolute Gasteiger partial charge is 0.546 e. The molecule has 0 amide bonds. The van der Waals surface area contributed by atoms with Crippen molar-refractivity contribution in [2.24, 2.45) is 0 Å². The fourth-order valence-corrected chi connectivity index (χ4v) is 0.937. The SMILES string of the molecule is CC.CF.O=C([O-])COc1ccc(Br)cc1.[Na+]. The predicted octanol–water partition coefficient (Wildman–Crippen LogP) is -0.806. The molecule has 0 aliphatic heterocycles. The molecule has 0 radical (unpaired) electrons. The second-order valence-electron chi connectivity index (χ2n) is 2.11. The molecule has 1 rings (SSSR count). The quantitative estimate of drug-likeness (QED) is 0.686. The molecule has 0 fully saturated rings. The van der Waals surface area contributed by atoms with Gasteiger partial charge >= 0.3 is 29.6 Å². The molecule has 0 saturated carbocycles. The van der Waals surface area contributed by atoms with Gasteiger partial charge in [0.05, 0.1) is 13.1 Å². The molecule has 6 heteroatoms. The molecule has 0 N–H and O–H groups in total. The number of carboxylic acid groups (broad SMARTS) is 1. The zero-order chi connectivity index (χ0) is 13.0. The molecule has 0 heterocycles. The van der Waals surface area contributed by atoms with Gasteiger partial charge in [-0.1, -0.05) is 29.8 Å². The van der Waals surface area contributed by atoms with Crippen molar-refractivity contribution in [1.29, 1.82) is 0 Å². The second kappa shape index (κ2) is 15.9. The summed E-state index contributed by atoms with van der Waals surface area (Å²) in [5.41, 5.74) is 0. The van der Waals surface area contributed by atoms with E-state index >= 15 is 0 Å². The average Bonchev–Trinajstić information content (AvgIpc) is 2.33. The van der Waals surface area contributed by atoms with Gasteiger partial charge in [-0.15, -0.1) is 0 Å². The largest absolute Gasteiger partial charge is 1.00 e. The molecule has 0 saturated heterocycles. The first kappa shape index (κ1) is 22.1. The molecule has 1 aromatic carbocycles. The van der Waals surface area contributed by atoms with E-state index in [9.17, 15) is 14.3 Å². The molecule has 0 spiro atoms. The number of benzene rings is 1. The fraction of sp³-hybridized carbons (Fsp3) is 0.364. The van der Waals surface area contributed by atoms with Crippen LogP contribution >= 0.6 is 15.9 Å². The Morgan fingerprint density at radius 1 is 1.29 bits per heavy atom. The van der Waals surface area contributed by atoms with Crippen LogP contribution in [0.3, 0.4) is 0 Å². The van der Waals surface area contributed by atoms with E-state index in [2.05, 4.69) is 15.9 Å². The zero-order valence-corrected chi connectivity index (χ0v) is 14.1. The van der Waals surface area contributed by atoms with Gasteiger partial charge in [0.15, 0.2) is 0 Å². The Bertz CT molecular complexity index is 281. The molecule has 0 aliphatic rings. The second-order valence-corrected chi connectivity index (χ2v) is 3.03. The normalized spacial score (nSPS) is 7.35. The molecular formula is C11H15BrFNaO3. The molecule has 0 unspecified atom stereocenters. The van der Waals surface area contributed by atoms with Crippen LogP contribution in [0, 0.1) is 0 Å². The summed E-state index contributed by atoms with van der Waals surface area (Å²) in [7, 11) is 0.500. The van der Waals surface area contributed by atoms with Crippen LogP contribution in [0.25, 0.3) is 0 Å². The van der Waals surface area contributed by atoms with E-state index in [0.29, 0.717) is 12.9 Å². The predicted molar refractivity (Wildman–Crippen MR) is 63.0 cm³/mol. The van der Waals surface area contributed by atoms with Gasteiger partial charge in [0.1, 0.15) is 12.4 Å². The Morgan fingerprint density at radius 2 is 1.71 bits per heavy atom. The van der Waals surface area contributed by atoms with Crippen LogP contribution in [0.15, 0.2) is 28.7 Å². The van der Waals surface area contributed by atoms with Gasteiger partial charge in [-0.05, 0) is 24.3 Å². The number of ether oxygens (including phenoxy) is 1. The van der Waals surface area contributed by atoms with Crippen molar-refractivity contribution < 1.29 is 48.6 Å². The van der Waals surface area contributed by atoms with Gasteiger partial charge in [-0.3, -0.25) is 4.39 Å². The Labute approximate surface area is 132 Å². The van der Waals surface area contributed by atoms with E-state index in [1.807, 2.05) is 13.8 Å². The number of alkyl halides is 1.